The molecule has 2 nitrogen and oxygen atoms in total. The van der Waals surface area contributed by atoms with Gasteiger partial charge in [0.05, 0.1) is 12.1 Å². The second kappa shape index (κ2) is 5.36. The fourth-order valence-corrected chi connectivity index (χ4v) is 3.64. The smallest absolute Gasteiger partial charge is 0.123 e. The van der Waals surface area contributed by atoms with Crippen LogP contribution in [-0.2, 0) is 4.74 Å². The van der Waals surface area contributed by atoms with E-state index in [1.807, 2.05) is 12.1 Å². The molecule has 2 heterocycles. The Morgan fingerprint density at radius 3 is 2.59 bits per heavy atom. The van der Waals surface area contributed by atoms with Crippen LogP contribution in [0.4, 0.5) is 14.5 Å². The number of fused-ring (bicyclic) bond motifs is 3. The molecule has 2 aromatic rings. The molecule has 1 fully saturated rings. The van der Waals surface area contributed by atoms with Crippen LogP contribution >= 0.6 is 0 Å². The molecular formula is C18H17F2NO. The molecule has 0 saturated carbocycles. The highest BCUT2D eigenvalue weighted by Crippen LogP contribution is 2.49. The predicted molar refractivity (Wildman–Crippen MR) is 80.6 cm³/mol. The number of hydrogen-bond donors (Lipinski definition) is 1. The van der Waals surface area contributed by atoms with E-state index in [-0.39, 0.29) is 29.7 Å². The Kier molecular flexibility index (Phi) is 3.34. The van der Waals surface area contributed by atoms with E-state index in [1.165, 1.54) is 18.2 Å². The first-order valence-electron chi connectivity index (χ1n) is 7.65. The minimum absolute atomic E-state index is 0.0591. The standard InChI is InChI=1S/C18H17F2NO/c19-12-5-3-11(4-6-12)17-14-2-1-9-22-18(14)15-10-13(20)7-8-16(15)21-17/h3-8,10,14,17-18,21H,1-2,9H2. The van der Waals surface area contributed by atoms with Crippen molar-refractivity contribution in [2.45, 2.75) is 25.0 Å². The van der Waals surface area contributed by atoms with Crippen LogP contribution in [0.3, 0.4) is 0 Å². The number of benzene rings is 2. The van der Waals surface area contributed by atoms with Crippen LogP contribution in [0.1, 0.15) is 36.1 Å². The Balaban J connectivity index is 1.77. The largest absolute Gasteiger partial charge is 0.378 e. The molecule has 0 spiro atoms. The molecule has 22 heavy (non-hydrogen) atoms. The zero-order valence-corrected chi connectivity index (χ0v) is 12.1. The van der Waals surface area contributed by atoms with Gasteiger partial charge in [-0.15, -0.1) is 0 Å². The normalized spacial score (nSPS) is 26.7. The summed E-state index contributed by atoms with van der Waals surface area (Å²) in [5.41, 5.74) is 2.83. The van der Waals surface area contributed by atoms with Gasteiger partial charge in [0.25, 0.3) is 0 Å². The highest BCUT2D eigenvalue weighted by atomic mass is 19.1. The highest BCUT2D eigenvalue weighted by molar-refractivity contribution is 5.57. The first-order chi connectivity index (χ1) is 10.7. The van der Waals surface area contributed by atoms with Gasteiger partial charge in [-0.05, 0) is 48.7 Å². The highest BCUT2D eigenvalue weighted by Gasteiger charge is 2.39. The fourth-order valence-electron chi connectivity index (χ4n) is 3.64. The van der Waals surface area contributed by atoms with E-state index in [1.54, 1.807) is 12.1 Å². The number of nitrogens with one attached hydrogen (secondary N) is 1. The van der Waals surface area contributed by atoms with Gasteiger partial charge in [-0.3, -0.25) is 0 Å². The Morgan fingerprint density at radius 1 is 1.00 bits per heavy atom. The van der Waals surface area contributed by atoms with E-state index < -0.39 is 0 Å². The van der Waals surface area contributed by atoms with E-state index in [0.29, 0.717) is 6.61 Å². The van der Waals surface area contributed by atoms with Crippen LogP contribution in [0.5, 0.6) is 0 Å². The number of ether oxygens (including phenoxy) is 1. The summed E-state index contributed by atoms with van der Waals surface area (Å²) in [6, 6.07) is 11.4. The van der Waals surface area contributed by atoms with Crippen molar-refractivity contribution in [1.82, 2.24) is 0 Å². The summed E-state index contributed by atoms with van der Waals surface area (Å²) in [6.45, 7) is 0.702. The summed E-state index contributed by atoms with van der Waals surface area (Å²) in [6.07, 6.45) is 1.90. The molecule has 0 radical (unpaired) electrons. The maximum Gasteiger partial charge on any atom is 0.123 e. The maximum atomic E-state index is 13.6. The van der Waals surface area contributed by atoms with Crippen molar-refractivity contribution in [2.24, 2.45) is 5.92 Å². The topological polar surface area (TPSA) is 21.3 Å². The third-order valence-electron chi connectivity index (χ3n) is 4.66. The van der Waals surface area contributed by atoms with Gasteiger partial charge in [0.1, 0.15) is 11.6 Å². The molecule has 0 aliphatic carbocycles. The summed E-state index contributed by atoms with van der Waals surface area (Å²) in [5, 5.41) is 3.49. The van der Waals surface area contributed by atoms with Gasteiger partial charge < -0.3 is 10.1 Å². The van der Waals surface area contributed by atoms with Crippen molar-refractivity contribution in [3.05, 3.63) is 65.2 Å². The van der Waals surface area contributed by atoms with Crippen LogP contribution < -0.4 is 5.32 Å². The van der Waals surface area contributed by atoms with Gasteiger partial charge in [0.2, 0.25) is 0 Å². The molecule has 1 N–H and O–H groups in total. The van der Waals surface area contributed by atoms with Crippen molar-refractivity contribution in [3.8, 4) is 0 Å². The number of rotatable bonds is 1. The van der Waals surface area contributed by atoms with E-state index in [9.17, 15) is 8.78 Å². The Bertz CT molecular complexity index is 686. The molecule has 114 valence electrons. The van der Waals surface area contributed by atoms with Gasteiger partial charge in [0.15, 0.2) is 0 Å². The lowest BCUT2D eigenvalue weighted by molar-refractivity contribution is -0.0382. The number of hydrogen-bond acceptors (Lipinski definition) is 2. The van der Waals surface area contributed by atoms with Gasteiger partial charge >= 0.3 is 0 Å². The van der Waals surface area contributed by atoms with Crippen LogP contribution in [-0.4, -0.2) is 6.61 Å². The molecule has 0 aromatic heterocycles. The molecule has 0 amide bonds. The molecule has 2 aliphatic heterocycles. The van der Waals surface area contributed by atoms with E-state index in [4.69, 9.17) is 4.74 Å². The maximum absolute atomic E-state index is 13.6. The quantitative estimate of drug-likeness (QED) is 0.831. The SMILES string of the molecule is Fc1ccc(C2Nc3ccc(F)cc3C3OCCCC23)cc1. The Labute approximate surface area is 128 Å². The second-order valence-electron chi connectivity index (χ2n) is 6.00. The zero-order chi connectivity index (χ0) is 15.1. The lowest BCUT2D eigenvalue weighted by Gasteiger charge is -2.43. The fraction of sp³-hybridized carbons (Fsp3) is 0.333. The lowest BCUT2D eigenvalue weighted by Crippen LogP contribution is -2.36. The van der Waals surface area contributed by atoms with Crippen molar-refractivity contribution in [3.63, 3.8) is 0 Å². The molecule has 4 heteroatoms. The summed E-state index contributed by atoms with van der Waals surface area (Å²) in [5.74, 6) is -0.249. The monoisotopic (exact) mass is 301 g/mol. The summed E-state index contributed by atoms with van der Waals surface area (Å²) in [4.78, 5) is 0. The summed E-state index contributed by atoms with van der Waals surface area (Å²) < 4.78 is 32.7. The van der Waals surface area contributed by atoms with Gasteiger partial charge in [0, 0.05) is 23.8 Å². The molecule has 0 bridgehead atoms. The number of halogens is 2. The van der Waals surface area contributed by atoms with Crippen molar-refractivity contribution < 1.29 is 13.5 Å². The van der Waals surface area contributed by atoms with Gasteiger partial charge in [-0.25, -0.2) is 8.78 Å². The summed E-state index contributed by atoms with van der Waals surface area (Å²) >= 11 is 0. The third kappa shape index (κ3) is 2.28. The van der Waals surface area contributed by atoms with Gasteiger partial charge in [-0.1, -0.05) is 12.1 Å². The molecule has 3 unspecified atom stereocenters. The molecule has 3 atom stereocenters. The van der Waals surface area contributed by atoms with Crippen LogP contribution in [0.15, 0.2) is 42.5 Å². The molecule has 2 aromatic carbocycles. The first kappa shape index (κ1) is 13.7. The minimum Gasteiger partial charge on any atom is -0.378 e. The lowest BCUT2D eigenvalue weighted by atomic mass is 9.77. The van der Waals surface area contributed by atoms with Crippen LogP contribution in [0.25, 0.3) is 0 Å². The Morgan fingerprint density at radius 2 is 1.77 bits per heavy atom. The molecule has 2 aliphatic rings. The molecular weight excluding hydrogens is 284 g/mol. The Hall–Kier alpha value is -1.94. The summed E-state index contributed by atoms with van der Waals surface area (Å²) in [7, 11) is 0. The first-order valence-corrected chi connectivity index (χ1v) is 7.65. The van der Waals surface area contributed by atoms with E-state index in [2.05, 4.69) is 5.32 Å². The van der Waals surface area contributed by atoms with E-state index in [0.717, 1.165) is 29.7 Å². The molecule has 1 saturated heterocycles. The number of anilines is 1. The van der Waals surface area contributed by atoms with Crippen molar-refractivity contribution in [2.75, 3.05) is 11.9 Å². The average Bonchev–Trinajstić information content (AvgIpc) is 2.55. The zero-order valence-electron chi connectivity index (χ0n) is 12.1. The second-order valence-corrected chi connectivity index (χ2v) is 6.00. The van der Waals surface area contributed by atoms with Gasteiger partial charge in [-0.2, -0.15) is 0 Å². The predicted octanol–water partition coefficient (Wildman–Crippen LogP) is 4.60. The average molecular weight is 301 g/mol. The van der Waals surface area contributed by atoms with Crippen molar-refractivity contribution in [1.29, 1.82) is 0 Å². The molecule has 4 rings (SSSR count). The van der Waals surface area contributed by atoms with Crippen LogP contribution in [0, 0.1) is 17.6 Å². The third-order valence-corrected chi connectivity index (χ3v) is 4.66. The van der Waals surface area contributed by atoms with Crippen LogP contribution in [0.2, 0.25) is 0 Å². The van der Waals surface area contributed by atoms with E-state index >= 15 is 0 Å². The van der Waals surface area contributed by atoms with Crippen molar-refractivity contribution >= 4 is 5.69 Å². The minimum atomic E-state index is -0.242.